The van der Waals surface area contributed by atoms with E-state index < -0.39 is 18.3 Å². The van der Waals surface area contributed by atoms with Gasteiger partial charge in [0.05, 0.1) is 17.6 Å². The van der Waals surface area contributed by atoms with Crippen molar-refractivity contribution in [3.8, 4) is 0 Å². The second-order valence-electron chi connectivity index (χ2n) is 3.95. The predicted molar refractivity (Wildman–Crippen MR) is 56.8 cm³/mol. The molecule has 0 bridgehead atoms. The molecule has 5 heteroatoms. The number of fused-ring (bicyclic) bond motifs is 1. The van der Waals surface area contributed by atoms with E-state index in [0.717, 1.165) is 11.0 Å². The average molecular weight is 220 g/mol. The van der Waals surface area contributed by atoms with Gasteiger partial charge in [0.2, 0.25) is 0 Å². The number of hydrogen-bond acceptors (Lipinski definition) is 4. The van der Waals surface area contributed by atoms with Gasteiger partial charge in [0, 0.05) is 0 Å². The average Bonchev–Trinajstić information content (AvgIpc) is 2.84. The molecule has 0 spiro atoms. The quantitative estimate of drug-likeness (QED) is 0.648. The fourth-order valence-electron chi connectivity index (χ4n) is 1.95. The number of nitrogens with one attached hydrogen (secondary N) is 1. The summed E-state index contributed by atoms with van der Waals surface area (Å²) in [5, 5.41) is 19.1. The van der Waals surface area contributed by atoms with Gasteiger partial charge in [-0.05, 0) is 12.1 Å². The smallest absolute Gasteiger partial charge is 0.144 e. The number of ether oxygens (including phenoxy) is 1. The molecule has 16 heavy (non-hydrogen) atoms. The van der Waals surface area contributed by atoms with E-state index in [9.17, 15) is 10.2 Å². The Labute approximate surface area is 91.7 Å². The number of benzene rings is 1. The van der Waals surface area contributed by atoms with Crippen molar-refractivity contribution in [2.24, 2.45) is 0 Å². The highest BCUT2D eigenvalue weighted by molar-refractivity contribution is 5.74. The molecule has 1 saturated heterocycles. The third kappa shape index (κ3) is 1.41. The molecule has 0 saturated carbocycles. The van der Waals surface area contributed by atoms with Crippen molar-refractivity contribution < 1.29 is 14.9 Å². The van der Waals surface area contributed by atoms with Crippen molar-refractivity contribution in [3.63, 3.8) is 0 Å². The highest BCUT2D eigenvalue weighted by Gasteiger charge is 2.37. The summed E-state index contributed by atoms with van der Waals surface area (Å²) in [6.07, 6.45) is -2.32. The van der Waals surface area contributed by atoms with Crippen LogP contribution in [0, 0.1) is 0 Å². The summed E-state index contributed by atoms with van der Waals surface area (Å²) in [6.45, 7) is 0.142. The van der Waals surface area contributed by atoms with Crippen molar-refractivity contribution in [1.29, 1.82) is 0 Å². The van der Waals surface area contributed by atoms with Gasteiger partial charge >= 0.3 is 0 Å². The minimum atomic E-state index is -0.916. The van der Waals surface area contributed by atoms with Crippen molar-refractivity contribution in [3.05, 3.63) is 30.1 Å². The van der Waals surface area contributed by atoms with Crippen LogP contribution in [-0.4, -0.2) is 39.0 Å². The molecule has 1 aliphatic rings. The summed E-state index contributed by atoms with van der Waals surface area (Å²) in [6, 6.07) is 7.59. The van der Waals surface area contributed by atoms with Crippen LogP contribution < -0.4 is 0 Å². The van der Waals surface area contributed by atoms with Crippen LogP contribution in [0.25, 0.3) is 11.0 Å². The molecule has 0 aliphatic carbocycles. The van der Waals surface area contributed by atoms with Gasteiger partial charge in [0.25, 0.3) is 0 Å². The van der Waals surface area contributed by atoms with Crippen LogP contribution in [-0.2, 0) is 4.74 Å². The van der Waals surface area contributed by atoms with Gasteiger partial charge in [-0.2, -0.15) is 0 Å². The van der Waals surface area contributed by atoms with E-state index in [0.29, 0.717) is 5.82 Å². The van der Waals surface area contributed by atoms with Gasteiger partial charge in [0.1, 0.15) is 24.1 Å². The van der Waals surface area contributed by atoms with Crippen LogP contribution in [0.4, 0.5) is 0 Å². The topological polar surface area (TPSA) is 78.4 Å². The Morgan fingerprint density at radius 2 is 2.12 bits per heavy atom. The molecule has 1 fully saturated rings. The van der Waals surface area contributed by atoms with Crippen molar-refractivity contribution >= 4 is 11.0 Å². The molecule has 1 aliphatic heterocycles. The molecule has 5 nitrogen and oxygen atoms in total. The second-order valence-corrected chi connectivity index (χ2v) is 3.95. The first kappa shape index (κ1) is 9.77. The van der Waals surface area contributed by atoms with Gasteiger partial charge in [0.15, 0.2) is 0 Å². The molecule has 3 atom stereocenters. The summed E-state index contributed by atoms with van der Waals surface area (Å²) in [7, 11) is 0. The van der Waals surface area contributed by atoms with Crippen LogP contribution in [0.1, 0.15) is 11.9 Å². The molecule has 3 N–H and O–H groups in total. The number of aromatic nitrogens is 2. The highest BCUT2D eigenvalue weighted by atomic mass is 16.5. The molecule has 2 heterocycles. The van der Waals surface area contributed by atoms with E-state index in [-0.39, 0.29) is 6.61 Å². The predicted octanol–water partition coefficient (Wildman–Crippen LogP) is 0.356. The summed E-state index contributed by atoms with van der Waals surface area (Å²) in [4.78, 5) is 7.41. The molecule has 1 aromatic heterocycles. The summed E-state index contributed by atoms with van der Waals surface area (Å²) in [5.74, 6) is 0.560. The number of rotatable bonds is 1. The van der Waals surface area contributed by atoms with Crippen molar-refractivity contribution in [1.82, 2.24) is 9.97 Å². The van der Waals surface area contributed by atoms with Crippen LogP contribution in [0.3, 0.4) is 0 Å². The van der Waals surface area contributed by atoms with Crippen LogP contribution in [0.15, 0.2) is 24.3 Å². The van der Waals surface area contributed by atoms with E-state index in [1.54, 1.807) is 0 Å². The lowest BCUT2D eigenvalue weighted by atomic mass is 10.1. The van der Waals surface area contributed by atoms with E-state index >= 15 is 0 Å². The SMILES string of the molecule is O[C@H]1[C@@H](O)CO[C@H]1c1nc2ccccc2[nH]1. The summed E-state index contributed by atoms with van der Waals surface area (Å²) in [5.41, 5.74) is 1.73. The van der Waals surface area contributed by atoms with E-state index in [2.05, 4.69) is 9.97 Å². The number of aliphatic hydroxyl groups excluding tert-OH is 2. The molecule has 1 aromatic carbocycles. The minimum Gasteiger partial charge on any atom is -0.388 e. The first-order chi connectivity index (χ1) is 7.75. The van der Waals surface area contributed by atoms with Crippen LogP contribution in [0.2, 0.25) is 0 Å². The standard InChI is InChI=1S/C11H12N2O3/c14-8-5-16-10(9(8)15)11-12-6-3-1-2-4-7(6)13-11/h1-4,8-10,14-15H,5H2,(H,12,13)/t8-,9-,10+/m0/s1. The maximum Gasteiger partial charge on any atom is 0.144 e. The maximum absolute atomic E-state index is 9.70. The molecule has 0 unspecified atom stereocenters. The monoisotopic (exact) mass is 220 g/mol. The lowest BCUT2D eigenvalue weighted by Crippen LogP contribution is -2.25. The fraction of sp³-hybridized carbons (Fsp3) is 0.364. The zero-order valence-corrected chi connectivity index (χ0v) is 8.50. The summed E-state index contributed by atoms with van der Waals surface area (Å²) < 4.78 is 5.30. The number of aromatic amines is 1. The normalized spacial score (nSPS) is 30.0. The Bertz CT molecular complexity index is 478. The molecule has 0 amide bonds. The first-order valence-corrected chi connectivity index (χ1v) is 5.18. The number of hydrogen-bond donors (Lipinski definition) is 3. The van der Waals surface area contributed by atoms with Crippen molar-refractivity contribution in [2.45, 2.75) is 18.3 Å². The molecule has 0 radical (unpaired) electrons. The molecule has 3 rings (SSSR count). The lowest BCUT2D eigenvalue weighted by molar-refractivity contribution is 0.0188. The Kier molecular flexibility index (Phi) is 2.17. The third-order valence-electron chi connectivity index (χ3n) is 2.83. The van der Waals surface area contributed by atoms with Gasteiger partial charge < -0.3 is 19.9 Å². The Morgan fingerprint density at radius 1 is 1.31 bits per heavy atom. The molecule has 2 aromatic rings. The zero-order chi connectivity index (χ0) is 11.1. The third-order valence-corrected chi connectivity index (χ3v) is 2.83. The molecule has 84 valence electrons. The second kappa shape index (κ2) is 3.55. The Morgan fingerprint density at radius 3 is 2.81 bits per heavy atom. The number of imidazole rings is 1. The zero-order valence-electron chi connectivity index (χ0n) is 8.50. The minimum absolute atomic E-state index is 0.142. The molecular formula is C11H12N2O3. The van der Waals surface area contributed by atoms with E-state index in [1.807, 2.05) is 24.3 Å². The van der Waals surface area contributed by atoms with Gasteiger partial charge in [-0.1, -0.05) is 12.1 Å². The largest absolute Gasteiger partial charge is 0.388 e. The number of para-hydroxylation sites is 2. The van der Waals surface area contributed by atoms with Crippen LogP contribution >= 0.6 is 0 Å². The van der Waals surface area contributed by atoms with Crippen LogP contribution in [0.5, 0.6) is 0 Å². The van der Waals surface area contributed by atoms with Gasteiger partial charge in [-0.3, -0.25) is 0 Å². The van der Waals surface area contributed by atoms with Gasteiger partial charge in [-0.15, -0.1) is 0 Å². The van der Waals surface area contributed by atoms with E-state index in [4.69, 9.17) is 4.74 Å². The number of H-pyrrole nitrogens is 1. The number of aliphatic hydroxyl groups is 2. The number of nitrogens with zero attached hydrogens (tertiary/aromatic N) is 1. The maximum atomic E-state index is 9.70. The van der Waals surface area contributed by atoms with Gasteiger partial charge in [-0.25, -0.2) is 4.98 Å². The lowest BCUT2D eigenvalue weighted by Gasteiger charge is -2.11. The first-order valence-electron chi connectivity index (χ1n) is 5.18. The fourth-order valence-corrected chi connectivity index (χ4v) is 1.95. The highest BCUT2D eigenvalue weighted by Crippen LogP contribution is 2.28. The summed E-state index contributed by atoms with van der Waals surface area (Å²) >= 11 is 0. The Hall–Kier alpha value is -1.43. The Balaban J connectivity index is 2.00. The van der Waals surface area contributed by atoms with E-state index in [1.165, 1.54) is 0 Å². The molecular weight excluding hydrogens is 208 g/mol. The van der Waals surface area contributed by atoms with Crippen molar-refractivity contribution in [2.75, 3.05) is 6.61 Å².